The molecule has 0 fully saturated rings. The van der Waals surface area contributed by atoms with E-state index in [2.05, 4.69) is 35.0 Å². The maximum atomic E-state index is 10.4. The predicted molar refractivity (Wildman–Crippen MR) is 127 cm³/mol. The second-order valence-corrected chi connectivity index (χ2v) is 8.28. The number of fused-ring (bicyclic) bond motifs is 3. The summed E-state index contributed by atoms with van der Waals surface area (Å²) in [5, 5.41) is 19.2. The van der Waals surface area contributed by atoms with E-state index in [1.165, 1.54) is 15.5 Å². The highest BCUT2D eigenvalue weighted by atomic mass is 32.1. The number of benzene rings is 3. The van der Waals surface area contributed by atoms with Crippen LogP contribution in [0.25, 0.3) is 20.9 Å². The minimum absolute atomic E-state index is 0.239. The van der Waals surface area contributed by atoms with E-state index in [9.17, 15) is 5.11 Å². The lowest BCUT2D eigenvalue weighted by molar-refractivity contribution is 0.107. The minimum Gasteiger partial charge on any atom is -0.493 e. The number of aliphatic hydroxyl groups excluding tert-OH is 1. The molecule has 0 aliphatic rings. The lowest BCUT2D eigenvalue weighted by atomic mass is 10.1. The van der Waals surface area contributed by atoms with E-state index >= 15 is 0 Å². The van der Waals surface area contributed by atoms with Gasteiger partial charge in [-0.3, -0.25) is 0 Å². The molecule has 2 N–H and O–H groups in total. The third-order valence-electron chi connectivity index (χ3n) is 5.27. The monoisotopic (exact) mass is 437 g/mol. The van der Waals surface area contributed by atoms with Crippen LogP contribution in [0.4, 0.5) is 0 Å². The van der Waals surface area contributed by atoms with E-state index in [1.54, 1.807) is 25.6 Å². The first kappa shape index (κ1) is 21.4. The molecule has 0 amide bonds. The molecule has 5 nitrogen and oxygen atoms in total. The maximum Gasteiger partial charge on any atom is 0.160 e. The Labute approximate surface area is 186 Å². The largest absolute Gasteiger partial charge is 0.493 e. The van der Waals surface area contributed by atoms with Gasteiger partial charge in [-0.05, 0) is 53.6 Å². The molecule has 0 spiro atoms. The summed E-state index contributed by atoms with van der Waals surface area (Å²) >= 11 is 1.74. The molecular weight excluding hydrogens is 410 g/mol. The van der Waals surface area contributed by atoms with Crippen LogP contribution in [0.15, 0.2) is 60.0 Å². The Hall–Kier alpha value is -2.80. The molecule has 6 heteroatoms. The molecule has 3 aromatic carbocycles. The summed E-state index contributed by atoms with van der Waals surface area (Å²) in [4.78, 5) is 0. The van der Waals surface area contributed by atoms with E-state index < -0.39 is 6.10 Å². The van der Waals surface area contributed by atoms with Gasteiger partial charge in [0.2, 0.25) is 0 Å². The van der Waals surface area contributed by atoms with Gasteiger partial charge in [0.1, 0.15) is 18.5 Å². The topological polar surface area (TPSA) is 60.0 Å². The Morgan fingerprint density at radius 2 is 1.74 bits per heavy atom. The van der Waals surface area contributed by atoms with Gasteiger partial charge >= 0.3 is 0 Å². The van der Waals surface area contributed by atoms with Crippen LogP contribution in [0, 0.1) is 0 Å². The fourth-order valence-corrected chi connectivity index (χ4v) is 4.59. The quantitative estimate of drug-likeness (QED) is 0.354. The van der Waals surface area contributed by atoms with E-state index in [1.807, 2.05) is 30.3 Å². The Balaban J connectivity index is 1.29. The van der Waals surface area contributed by atoms with Crippen LogP contribution in [0.3, 0.4) is 0 Å². The van der Waals surface area contributed by atoms with Crippen molar-refractivity contribution in [1.29, 1.82) is 0 Å². The highest BCUT2D eigenvalue weighted by Crippen LogP contribution is 2.36. The standard InChI is InChI=1S/C25H27NO4S/c1-28-22-8-7-17(13-24(22)29-2)9-11-26-15-19(27)16-30-23-14-18-10-12-31-25(18)21-6-4-3-5-20(21)23/h3-8,10,12-14,19,26-27H,9,11,15-16H2,1-2H3. The summed E-state index contributed by atoms with van der Waals surface area (Å²) in [6.07, 6.45) is 0.232. The number of aliphatic hydroxyl groups is 1. The van der Waals surface area contributed by atoms with Gasteiger partial charge in [0.15, 0.2) is 11.5 Å². The summed E-state index contributed by atoms with van der Waals surface area (Å²) in [7, 11) is 3.26. The van der Waals surface area contributed by atoms with Crippen molar-refractivity contribution in [3.8, 4) is 17.2 Å². The van der Waals surface area contributed by atoms with Gasteiger partial charge in [0, 0.05) is 22.0 Å². The molecule has 1 aromatic heterocycles. The fraction of sp³-hybridized carbons (Fsp3) is 0.280. The molecule has 0 aliphatic carbocycles. The molecule has 1 heterocycles. The zero-order chi connectivity index (χ0) is 21.6. The smallest absolute Gasteiger partial charge is 0.160 e. The first-order chi connectivity index (χ1) is 15.2. The molecule has 31 heavy (non-hydrogen) atoms. The van der Waals surface area contributed by atoms with Crippen LogP contribution in [-0.2, 0) is 6.42 Å². The molecular formula is C25H27NO4S. The molecule has 0 aliphatic heterocycles. The molecule has 1 atom stereocenters. The van der Waals surface area contributed by atoms with Crippen LogP contribution in [0.5, 0.6) is 17.2 Å². The van der Waals surface area contributed by atoms with Crippen molar-refractivity contribution in [3.05, 3.63) is 65.5 Å². The third-order valence-corrected chi connectivity index (χ3v) is 6.23. The van der Waals surface area contributed by atoms with Crippen molar-refractivity contribution in [2.45, 2.75) is 12.5 Å². The molecule has 0 saturated carbocycles. The Kier molecular flexibility index (Phi) is 6.92. The lowest BCUT2D eigenvalue weighted by Gasteiger charge is -2.15. The van der Waals surface area contributed by atoms with Gasteiger partial charge in [0.05, 0.1) is 14.2 Å². The predicted octanol–water partition coefficient (Wildman–Crippen LogP) is 4.64. The highest BCUT2D eigenvalue weighted by Gasteiger charge is 2.11. The molecule has 0 bridgehead atoms. The number of hydrogen-bond donors (Lipinski definition) is 2. The van der Waals surface area contributed by atoms with Gasteiger partial charge in [-0.15, -0.1) is 11.3 Å². The molecule has 0 saturated heterocycles. The molecule has 4 rings (SSSR count). The number of nitrogens with one attached hydrogen (secondary N) is 1. The normalized spacial score (nSPS) is 12.2. The Morgan fingerprint density at radius 1 is 0.935 bits per heavy atom. The van der Waals surface area contributed by atoms with Gasteiger partial charge in [0.25, 0.3) is 0 Å². The molecule has 1 unspecified atom stereocenters. The van der Waals surface area contributed by atoms with Gasteiger partial charge in [-0.1, -0.05) is 30.3 Å². The SMILES string of the molecule is COc1ccc(CCNCC(O)COc2cc3ccsc3c3ccccc23)cc1OC. The Bertz CT molecular complexity index is 1160. The zero-order valence-corrected chi connectivity index (χ0v) is 18.6. The summed E-state index contributed by atoms with van der Waals surface area (Å²) in [6.45, 7) is 1.45. The van der Waals surface area contributed by atoms with E-state index in [0.29, 0.717) is 6.54 Å². The van der Waals surface area contributed by atoms with E-state index in [4.69, 9.17) is 14.2 Å². The summed E-state index contributed by atoms with van der Waals surface area (Å²) in [5.41, 5.74) is 1.14. The van der Waals surface area contributed by atoms with Crippen LogP contribution in [-0.4, -0.2) is 45.1 Å². The zero-order valence-electron chi connectivity index (χ0n) is 17.8. The van der Waals surface area contributed by atoms with Crippen molar-refractivity contribution in [2.24, 2.45) is 0 Å². The van der Waals surface area contributed by atoms with Crippen LogP contribution in [0.2, 0.25) is 0 Å². The summed E-state index contributed by atoms with van der Waals surface area (Å²) in [5.74, 6) is 2.26. The average Bonchev–Trinajstić information content (AvgIpc) is 3.29. The second-order valence-electron chi connectivity index (χ2n) is 7.37. The number of hydrogen-bond acceptors (Lipinski definition) is 6. The van der Waals surface area contributed by atoms with Crippen LogP contribution in [0.1, 0.15) is 5.56 Å². The van der Waals surface area contributed by atoms with Crippen molar-refractivity contribution in [2.75, 3.05) is 33.9 Å². The molecule has 4 aromatic rings. The number of rotatable bonds is 10. The van der Waals surface area contributed by atoms with Crippen LogP contribution < -0.4 is 19.5 Å². The Morgan fingerprint density at radius 3 is 2.55 bits per heavy atom. The highest BCUT2D eigenvalue weighted by molar-refractivity contribution is 7.18. The number of ether oxygens (including phenoxy) is 3. The van der Waals surface area contributed by atoms with E-state index in [0.717, 1.165) is 41.2 Å². The maximum absolute atomic E-state index is 10.4. The van der Waals surface area contributed by atoms with Gasteiger partial charge in [-0.2, -0.15) is 0 Å². The van der Waals surface area contributed by atoms with Crippen molar-refractivity contribution >= 4 is 32.2 Å². The van der Waals surface area contributed by atoms with Crippen molar-refractivity contribution < 1.29 is 19.3 Å². The fourth-order valence-electron chi connectivity index (χ4n) is 3.67. The number of methoxy groups -OCH3 is 2. The third kappa shape index (κ3) is 4.93. The first-order valence-electron chi connectivity index (χ1n) is 10.3. The van der Waals surface area contributed by atoms with Crippen LogP contribution >= 0.6 is 11.3 Å². The number of thiophene rings is 1. The van der Waals surface area contributed by atoms with Gasteiger partial charge < -0.3 is 24.6 Å². The first-order valence-corrected chi connectivity index (χ1v) is 11.2. The van der Waals surface area contributed by atoms with Crippen molar-refractivity contribution in [1.82, 2.24) is 5.32 Å². The van der Waals surface area contributed by atoms with Gasteiger partial charge in [-0.25, -0.2) is 0 Å². The second kappa shape index (κ2) is 10.0. The minimum atomic E-state index is -0.595. The summed E-state index contributed by atoms with van der Waals surface area (Å²) in [6, 6.07) is 18.3. The molecule has 162 valence electrons. The lowest BCUT2D eigenvalue weighted by Crippen LogP contribution is -2.32. The van der Waals surface area contributed by atoms with E-state index in [-0.39, 0.29) is 6.61 Å². The summed E-state index contributed by atoms with van der Waals surface area (Å²) < 4.78 is 17.9. The average molecular weight is 438 g/mol. The van der Waals surface area contributed by atoms with Crippen molar-refractivity contribution in [3.63, 3.8) is 0 Å². The molecule has 0 radical (unpaired) electrons.